The van der Waals surface area contributed by atoms with E-state index in [-0.39, 0.29) is 0 Å². The Morgan fingerprint density at radius 3 is 2.22 bits per heavy atom. The van der Waals surface area contributed by atoms with Crippen molar-refractivity contribution in [3.8, 4) is 0 Å². The highest BCUT2D eigenvalue weighted by Crippen LogP contribution is 2.66. The Labute approximate surface area is 138 Å². The number of carboxylic acid groups (broad SMARTS) is 1. The molecule has 4 fully saturated rings. The Bertz CT molecular complexity index is 618. The summed E-state index contributed by atoms with van der Waals surface area (Å²) in [6.45, 7) is 5.83. The fraction of sp³-hybridized carbons (Fsp3) is 0.650. The molecule has 0 radical (unpaired) electrons. The molecule has 2 unspecified atom stereocenters. The van der Waals surface area contributed by atoms with Crippen LogP contribution in [-0.4, -0.2) is 16.6 Å². The van der Waals surface area contributed by atoms with Crippen molar-refractivity contribution in [3.63, 3.8) is 0 Å². The number of carbonyl (C=O) groups is 1. The molecule has 23 heavy (non-hydrogen) atoms. The minimum absolute atomic E-state index is 0.300. The van der Waals surface area contributed by atoms with Crippen LogP contribution in [0.25, 0.3) is 0 Å². The van der Waals surface area contributed by atoms with Crippen molar-refractivity contribution in [2.24, 2.45) is 16.7 Å². The molecule has 0 saturated heterocycles. The van der Waals surface area contributed by atoms with Crippen LogP contribution in [0.4, 0.5) is 0 Å². The van der Waals surface area contributed by atoms with E-state index >= 15 is 0 Å². The van der Waals surface area contributed by atoms with Crippen LogP contribution in [0.2, 0.25) is 0 Å². The minimum Gasteiger partial charge on any atom is -0.478 e. The molecule has 0 aromatic heterocycles. The van der Waals surface area contributed by atoms with Gasteiger partial charge in [-0.1, -0.05) is 26.0 Å². The van der Waals surface area contributed by atoms with E-state index in [4.69, 9.17) is 5.11 Å². The first kappa shape index (κ1) is 15.2. The first-order valence-electron chi connectivity index (χ1n) is 8.86. The normalized spacial score (nSPS) is 41.2. The molecule has 5 rings (SSSR count). The highest BCUT2D eigenvalue weighted by Gasteiger charge is 2.59. The third-order valence-electron chi connectivity index (χ3n) is 6.49. The van der Waals surface area contributed by atoms with Crippen molar-refractivity contribution >= 4 is 5.97 Å². The summed E-state index contributed by atoms with van der Waals surface area (Å²) in [7, 11) is 0. The lowest BCUT2D eigenvalue weighted by molar-refractivity contribution is -0.118. The number of rotatable bonds is 4. The summed E-state index contributed by atoms with van der Waals surface area (Å²) in [6.07, 6.45) is 8.16. The molecule has 1 aromatic carbocycles. The minimum atomic E-state index is -0.855. The average Bonchev–Trinajstić information content (AvgIpc) is 2.42. The van der Waals surface area contributed by atoms with Gasteiger partial charge in [-0.15, -0.1) is 0 Å². The van der Waals surface area contributed by atoms with Gasteiger partial charge in [-0.25, -0.2) is 4.79 Å². The highest BCUT2D eigenvalue weighted by molar-refractivity contribution is 5.87. The number of aromatic carboxylic acids is 1. The number of hydrogen-bond donors (Lipinski definition) is 2. The van der Waals surface area contributed by atoms with E-state index < -0.39 is 5.97 Å². The van der Waals surface area contributed by atoms with Crippen LogP contribution in [0.15, 0.2) is 24.3 Å². The maximum atomic E-state index is 11.0. The van der Waals surface area contributed by atoms with Gasteiger partial charge in [0.15, 0.2) is 0 Å². The summed E-state index contributed by atoms with van der Waals surface area (Å²) >= 11 is 0. The lowest BCUT2D eigenvalue weighted by Gasteiger charge is -2.65. The van der Waals surface area contributed by atoms with Crippen LogP contribution in [0, 0.1) is 16.7 Å². The second-order valence-corrected chi connectivity index (χ2v) is 9.27. The van der Waals surface area contributed by atoms with E-state index in [1.807, 2.05) is 12.1 Å². The van der Waals surface area contributed by atoms with Gasteiger partial charge in [-0.2, -0.15) is 0 Å². The summed E-state index contributed by atoms with van der Waals surface area (Å²) in [4.78, 5) is 11.0. The summed E-state index contributed by atoms with van der Waals surface area (Å²) in [5, 5.41) is 12.9. The molecule has 0 amide bonds. The van der Waals surface area contributed by atoms with Crippen molar-refractivity contribution in [1.82, 2.24) is 5.32 Å². The van der Waals surface area contributed by atoms with Crippen molar-refractivity contribution in [2.75, 3.05) is 0 Å². The molecule has 3 heteroatoms. The molecule has 0 spiro atoms. The first-order chi connectivity index (χ1) is 10.8. The molecule has 4 saturated carbocycles. The standard InChI is InChI=1S/C20H27NO2/c1-18-7-15-8-19(2,11-18)13-20(9-15,12-18)21-10-14-3-5-16(6-4-14)17(22)23/h3-6,15,21H,7-13H2,1-2H3,(H,22,23). The van der Waals surface area contributed by atoms with Gasteiger partial charge in [-0.3, -0.25) is 0 Å². The molecule has 4 aliphatic carbocycles. The lowest BCUT2D eigenvalue weighted by Crippen LogP contribution is -2.63. The van der Waals surface area contributed by atoms with Gasteiger partial charge in [0.1, 0.15) is 0 Å². The van der Waals surface area contributed by atoms with Gasteiger partial charge in [0.25, 0.3) is 0 Å². The maximum absolute atomic E-state index is 11.0. The zero-order valence-electron chi connectivity index (χ0n) is 14.2. The topological polar surface area (TPSA) is 49.3 Å². The smallest absolute Gasteiger partial charge is 0.335 e. The molecule has 4 aliphatic rings. The zero-order chi connectivity index (χ0) is 16.3. The van der Waals surface area contributed by atoms with Gasteiger partial charge in [0.2, 0.25) is 0 Å². The van der Waals surface area contributed by atoms with Gasteiger partial charge < -0.3 is 10.4 Å². The second kappa shape index (κ2) is 4.83. The molecule has 1 aromatic rings. The van der Waals surface area contributed by atoms with E-state index in [1.165, 1.54) is 44.1 Å². The third kappa shape index (κ3) is 2.69. The molecule has 4 bridgehead atoms. The fourth-order valence-corrected chi connectivity index (χ4v) is 6.70. The van der Waals surface area contributed by atoms with Crippen molar-refractivity contribution in [3.05, 3.63) is 35.4 Å². The summed E-state index contributed by atoms with van der Waals surface area (Å²) in [5.41, 5.74) is 2.89. The molecule has 0 heterocycles. The van der Waals surface area contributed by atoms with Gasteiger partial charge in [-0.05, 0) is 73.0 Å². The largest absolute Gasteiger partial charge is 0.478 e. The molecule has 0 aliphatic heterocycles. The van der Waals surface area contributed by atoms with E-state index in [2.05, 4.69) is 19.2 Å². The molecule has 124 valence electrons. The molecular weight excluding hydrogens is 286 g/mol. The Morgan fingerprint density at radius 1 is 1.09 bits per heavy atom. The molecule has 2 atom stereocenters. The Kier molecular flexibility index (Phi) is 3.19. The SMILES string of the molecule is CC12CC3CC(C)(C1)CC(NCc1ccc(C(=O)O)cc1)(C3)C2. The van der Waals surface area contributed by atoms with Crippen LogP contribution >= 0.6 is 0 Å². The van der Waals surface area contributed by atoms with Crippen LogP contribution < -0.4 is 5.32 Å². The van der Waals surface area contributed by atoms with Crippen molar-refractivity contribution in [1.29, 1.82) is 0 Å². The number of hydrogen-bond acceptors (Lipinski definition) is 2. The van der Waals surface area contributed by atoms with Crippen molar-refractivity contribution < 1.29 is 9.90 Å². The second-order valence-electron chi connectivity index (χ2n) is 9.27. The van der Waals surface area contributed by atoms with Crippen LogP contribution in [0.1, 0.15) is 68.3 Å². The lowest BCUT2D eigenvalue weighted by atomic mass is 9.43. The van der Waals surface area contributed by atoms with E-state index in [1.54, 1.807) is 12.1 Å². The van der Waals surface area contributed by atoms with E-state index in [0.29, 0.717) is 21.9 Å². The fourth-order valence-electron chi connectivity index (χ4n) is 6.70. The number of carboxylic acids is 1. The monoisotopic (exact) mass is 313 g/mol. The van der Waals surface area contributed by atoms with Gasteiger partial charge >= 0.3 is 5.97 Å². The third-order valence-corrected chi connectivity index (χ3v) is 6.49. The molecule has 2 N–H and O–H groups in total. The number of benzene rings is 1. The number of nitrogens with one attached hydrogen (secondary N) is 1. The molecule has 3 nitrogen and oxygen atoms in total. The quantitative estimate of drug-likeness (QED) is 0.875. The summed E-state index contributed by atoms with van der Waals surface area (Å²) < 4.78 is 0. The van der Waals surface area contributed by atoms with E-state index in [9.17, 15) is 4.79 Å². The van der Waals surface area contributed by atoms with Crippen LogP contribution in [0.3, 0.4) is 0 Å². The predicted molar refractivity (Wildman–Crippen MR) is 90.4 cm³/mol. The van der Waals surface area contributed by atoms with Crippen LogP contribution in [-0.2, 0) is 6.54 Å². The van der Waals surface area contributed by atoms with E-state index in [0.717, 1.165) is 12.5 Å². The first-order valence-corrected chi connectivity index (χ1v) is 8.86. The van der Waals surface area contributed by atoms with Gasteiger partial charge in [0, 0.05) is 12.1 Å². The maximum Gasteiger partial charge on any atom is 0.335 e. The zero-order valence-corrected chi connectivity index (χ0v) is 14.2. The highest BCUT2D eigenvalue weighted by atomic mass is 16.4. The van der Waals surface area contributed by atoms with Crippen LogP contribution in [0.5, 0.6) is 0 Å². The van der Waals surface area contributed by atoms with Gasteiger partial charge in [0.05, 0.1) is 5.56 Å². The Balaban J connectivity index is 1.49. The average molecular weight is 313 g/mol. The summed E-state index contributed by atoms with van der Waals surface area (Å²) in [5.74, 6) is 0.0366. The van der Waals surface area contributed by atoms with Crippen molar-refractivity contribution in [2.45, 2.75) is 64.5 Å². The molecular formula is C20H27NO2. The summed E-state index contributed by atoms with van der Waals surface area (Å²) in [6, 6.07) is 7.31. The Hall–Kier alpha value is -1.35. The predicted octanol–water partition coefficient (Wildman–Crippen LogP) is 4.22. The Morgan fingerprint density at radius 2 is 1.70 bits per heavy atom.